The van der Waals surface area contributed by atoms with E-state index >= 15 is 0 Å². The van der Waals surface area contributed by atoms with Crippen molar-refractivity contribution in [3.8, 4) is 0 Å². The molecule has 0 aliphatic heterocycles. The summed E-state index contributed by atoms with van der Waals surface area (Å²) in [5.74, 6) is 4.32. The Labute approximate surface area is 268 Å². The molecule has 0 amide bonds. The Morgan fingerprint density at radius 1 is 0.886 bits per heavy atom. The number of esters is 1. The van der Waals surface area contributed by atoms with E-state index in [4.69, 9.17) is 4.74 Å². The van der Waals surface area contributed by atoms with Crippen LogP contribution in [0.3, 0.4) is 0 Å². The molecule has 0 aromatic heterocycles. The number of nitrogens with one attached hydrogen (secondary N) is 1. The SMILES string of the molecule is C=C(C)C1CCC2(NCC3CC3)CCC3(C)C(CCC4C5(C)CC=C(c6ccc(C(=O)OC)cc6)C(C)(C)C5CCC43C)C12. The zero-order valence-electron chi connectivity index (χ0n) is 28.9. The van der Waals surface area contributed by atoms with Crippen molar-refractivity contribution in [2.45, 2.75) is 118 Å². The maximum Gasteiger partial charge on any atom is 0.337 e. The third-order valence-corrected chi connectivity index (χ3v) is 15.7. The lowest BCUT2D eigenvalue weighted by atomic mass is 9.33. The van der Waals surface area contributed by atoms with Gasteiger partial charge in [-0.2, -0.15) is 0 Å². The first-order valence-electron chi connectivity index (χ1n) is 18.1. The van der Waals surface area contributed by atoms with Gasteiger partial charge in [0.15, 0.2) is 0 Å². The summed E-state index contributed by atoms with van der Waals surface area (Å²) in [6, 6.07) is 8.17. The van der Waals surface area contributed by atoms with E-state index in [1.807, 2.05) is 12.1 Å². The summed E-state index contributed by atoms with van der Waals surface area (Å²) < 4.78 is 4.96. The van der Waals surface area contributed by atoms with Gasteiger partial charge in [-0.1, -0.05) is 65.0 Å². The topological polar surface area (TPSA) is 38.3 Å². The van der Waals surface area contributed by atoms with Crippen LogP contribution in [0.2, 0.25) is 0 Å². The number of ether oxygens (including phenoxy) is 1. The molecule has 3 nitrogen and oxygen atoms in total. The maximum absolute atomic E-state index is 12.1. The van der Waals surface area contributed by atoms with Gasteiger partial charge in [-0.3, -0.25) is 0 Å². The lowest BCUT2D eigenvalue weighted by molar-refractivity contribution is -0.219. The fourth-order valence-electron chi connectivity index (χ4n) is 13.1. The first kappa shape index (κ1) is 30.8. The molecular formula is C41H59NO2. The summed E-state index contributed by atoms with van der Waals surface area (Å²) in [6.45, 7) is 21.4. The van der Waals surface area contributed by atoms with E-state index in [-0.39, 0.29) is 11.4 Å². The van der Waals surface area contributed by atoms with E-state index in [2.05, 4.69) is 71.6 Å². The standard InChI is InChI=1S/C41H59NO2/c1-26(2)30-17-22-41(42-25-27-9-10-27)24-23-39(6)32(35(30)41)15-16-34-38(5)20-18-31(28-11-13-29(14-12-28)36(43)44-8)37(3,4)33(38)19-21-40(34,39)7/h11-14,18,27,30,32-35,42H,1,9-10,15-17,19-25H2,2-8H3. The van der Waals surface area contributed by atoms with E-state index in [1.165, 1.54) is 101 Å². The maximum atomic E-state index is 12.1. The molecule has 240 valence electrons. The van der Waals surface area contributed by atoms with Crippen molar-refractivity contribution in [3.05, 3.63) is 53.6 Å². The molecular weight excluding hydrogens is 538 g/mol. The predicted octanol–water partition coefficient (Wildman–Crippen LogP) is 9.88. The monoisotopic (exact) mass is 597 g/mol. The van der Waals surface area contributed by atoms with Crippen LogP contribution in [0.5, 0.6) is 0 Å². The Morgan fingerprint density at radius 3 is 2.27 bits per heavy atom. The van der Waals surface area contributed by atoms with Crippen molar-refractivity contribution in [1.82, 2.24) is 5.32 Å². The molecule has 0 spiro atoms. The number of fused-ring (bicyclic) bond motifs is 7. The molecule has 44 heavy (non-hydrogen) atoms. The Bertz CT molecular complexity index is 1350. The van der Waals surface area contributed by atoms with Crippen LogP contribution in [-0.4, -0.2) is 25.2 Å². The average Bonchev–Trinajstić information content (AvgIpc) is 3.74. The summed E-state index contributed by atoms with van der Waals surface area (Å²) in [5, 5.41) is 4.30. The van der Waals surface area contributed by atoms with E-state index in [0.29, 0.717) is 39.2 Å². The minimum atomic E-state index is -0.262. The molecule has 9 unspecified atom stereocenters. The zero-order valence-corrected chi connectivity index (χ0v) is 28.9. The minimum Gasteiger partial charge on any atom is -0.465 e. The van der Waals surface area contributed by atoms with Crippen LogP contribution in [0.25, 0.3) is 5.57 Å². The quantitative estimate of drug-likeness (QED) is 0.262. The molecule has 1 aromatic rings. The van der Waals surface area contributed by atoms with E-state index in [0.717, 1.165) is 23.7 Å². The third kappa shape index (κ3) is 4.26. The molecule has 1 aromatic carbocycles. The van der Waals surface area contributed by atoms with E-state index < -0.39 is 0 Å². The second-order valence-corrected chi connectivity index (χ2v) is 17.8. The molecule has 0 bridgehead atoms. The van der Waals surface area contributed by atoms with Gasteiger partial charge < -0.3 is 10.1 Å². The Morgan fingerprint density at radius 2 is 1.61 bits per heavy atom. The molecule has 3 heteroatoms. The minimum absolute atomic E-state index is 0.0871. The lowest BCUT2D eigenvalue weighted by Crippen LogP contribution is -2.68. The molecule has 0 heterocycles. The summed E-state index contributed by atoms with van der Waals surface area (Å²) >= 11 is 0. The molecule has 0 radical (unpaired) electrons. The van der Waals surface area contributed by atoms with Gasteiger partial charge in [-0.25, -0.2) is 4.79 Å². The second-order valence-electron chi connectivity index (χ2n) is 17.8. The molecule has 6 aliphatic rings. The summed E-state index contributed by atoms with van der Waals surface area (Å²) in [5.41, 5.74) is 6.31. The zero-order chi connectivity index (χ0) is 31.3. The van der Waals surface area contributed by atoms with Gasteiger partial charge in [0.1, 0.15) is 0 Å². The first-order chi connectivity index (χ1) is 20.8. The van der Waals surface area contributed by atoms with Crippen molar-refractivity contribution in [2.24, 2.45) is 57.2 Å². The second kappa shape index (κ2) is 10.3. The van der Waals surface area contributed by atoms with Crippen molar-refractivity contribution < 1.29 is 9.53 Å². The van der Waals surface area contributed by atoms with Gasteiger partial charge >= 0.3 is 5.97 Å². The number of methoxy groups -OCH3 is 1. The Balaban J connectivity index is 1.21. The summed E-state index contributed by atoms with van der Waals surface area (Å²) in [7, 11) is 1.46. The van der Waals surface area contributed by atoms with Crippen LogP contribution in [0.4, 0.5) is 0 Å². The number of carbonyl (C=O) groups is 1. The van der Waals surface area contributed by atoms with Gasteiger partial charge in [0.05, 0.1) is 12.7 Å². The highest BCUT2D eigenvalue weighted by molar-refractivity contribution is 5.89. The number of hydrogen-bond donors (Lipinski definition) is 1. The fraction of sp³-hybridized carbons (Fsp3) is 0.732. The van der Waals surface area contributed by atoms with Gasteiger partial charge in [0.25, 0.3) is 0 Å². The number of benzene rings is 1. The Kier molecular flexibility index (Phi) is 7.21. The number of carbonyl (C=O) groups excluding carboxylic acids is 1. The predicted molar refractivity (Wildman–Crippen MR) is 181 cm³/mol. The molecule has 9 atom stereocenters. The summed E-state index contributed by atoms with van der Waals surface area (Å²) in [6.07, 6.45) is 17.5. The number of rotatable bonds is 6. The van der Waals surface area contributed by atoms with E-state index in [1.54, 1.807) is 0 Å². The summed E-state index contributed by atoms with van der Waals surface area (Å²) in [4.78, 5) is 12.1. The van der Waals surface area contributed by atoms with Crippen LogP contribution in [0.1, 0.15) is 128 Å². The lowest BCUT2D eigenvalue weighted by Gasteiger charge is -2.72. The smallest absolute Gasteiger partial charge is 0.337 e. The highest BCUT2D eigenvalue weighted by Crippen LogP contribution is 2.76. The Hall–Kier alpha value is -1.87. The molecule has 5 saturated carbocycles. The number of allylic oxidation sites excluding steroid dienone is 3. The molecule has 0 saturated heterocycles. The number of hydrogen-bond acceptors (Lipinski definition) is 3. The van der Waals surface area contributed by atoms with Gasteiger partial charge in [-0.15, -0.1) is 0 Å². The first-order valence-corrected chi connectivity index (χ1v) is 18.1. The van der Waals surface area contributed by atoms with Crippen LogP contribution in [0, 0.1) is 57.2 Å². The van der Waals surface area contributed by atoms with Crippen molar-refractivity contribution in [2.75, 3.05) is 13.7 Å². The highest BCUT2D eigenvalue weighted by Gasteiger charge is 2.70. The van der Waals surface area contributed by atoms with Crippen LogP contribution >= 0.6 is 0 Å². The molecule has 1 N–H and O–H groups in total. The normalized spacial score (nSPS) is 44.0. The molecule has 5 fully saturated rings. The van der Waals surface area contributed by atoms with Crippen molar-refractivity contribution in [3.63, 3.8) is 0 Å². The van der Waals surface area contributed by atoms with Gasteiger partial charge in [0, 0.05) is 5.54 Å². The van der Waals surface area contributed by atoms with Crippen LogP contribution in [-0.2, 0) is 4.74 Å². The van der Waals surface area contributed by atoms with Crippen LogP contribution < -0.4 is 5.32 Å². The van der Waals surface area contributed by atoms with E-state index in [9.17, 15) is 4.79 Å². The van der Waals surface area contributed by atoms with Gasteiger partial charge in [0.2, 0.25) is 0 Å². The fourth-order valence-corrected chi connectivity index (χ4v) is 13.1. The molecule has 6 aliphatic carbocycles. The average molecular weight is 598 g/mol. The van der Waals surface area contributed by atoms with Crippen molar-refractivity contribution in [1.29, 1.82) is 0 Å². The van der Waals surface area contributed by atoms with Gasteiger partial charge in [-0.05, 0) is 165 Å². The highest BCUT2D eigenvalue weighted by atomic mass is 16.5. The van der Waals surface area contributed by atoms with Crippen molar-refractivity contribution >= 4 is 11.5 Å². The third-order valence-electron chi connectivity index (χ3n) is 15.7. The van der Waals surface area contributed by atoms with Crippen LogP contribution in [0.15, 0.2) is 42.5 Å². The molecule has 7 rings (SSSR count). The largest absolute Gasteiger partial charge is 0.465 e.